The molecule has 0 unspecified atom stereocenters. The van der Waals surface area contributed by atoms with Crippen LogP contribution in [0.4, 0.5) is 0 Å². The lowest BCUT2D eigenvalue weighted by Gasteiger charge is -2.31. The van der Waals surface area contributed by atoms with Gasteiger partial charge in [-0.05, 0) is 60.1 Å². The summed E-state index contributed by atoms with van der Waals surface area (Å²) in [7, 11) is 0.116. The third-order valence-electron chi connectivity index (χ3n) is 7.92. The molecule has 244 valence electrons. The molecule has 0 spiro atoms. The van der Waals surface area contributed by atoms with Crippen LogP contribution in [0.3, 0.4) is 0 Å². The van der Waals surface area contributed by atoms with Gasteiger partial charge >= 0.3 is 0 Å². The Balaban J connectivity index is 2.87. The zero-order valence-corrected chi connectivity index (χ0v) is 28.3. The molecule has 1 amide bonds. The molecule has 10 heteroatoms. The summed E-state index contributed by atoms with van der Waals surface area (Å²) in [6, 6.07) is 5.46. The molecule has 1 aromatic carbocycles. The van der Waals surface area contributed by atoms with E-state index in [1.165, 1.54) is 0 Å². The summed E-state index contributed by atoms with van der Waals surface area (Å²) in [4.78, 5) is 13.2. The quantitative estimate of drug-likeness (QED) is 0.175. The van der Waals surface area contributed by atoms with E-state index >= 15 is 0 Å². The van der Waals surface area contributed by atoms with Crippen LogP contribution in [0.5, 0.6) is 11.5 Å². The van der Waals surface area contributed by atoms with Gasteiger partial charge in [0.25, 0.3) is 0 Å². The van der Waals surface area contributed by atoms with E-state index in [1.54, 1.807) is 21.1 Å². The topological polar surface area (TPSA) is 137 Å². The van der Waals surface area contributed by atoms with Crippen LogP contribution in [0.15, 0.2) is 18.2 Å². The first-order chi connectivity index (χ1) is 19.6. The zero-order valence-electron chi connectivity index (χ0n) is 27.4. The third kappa shape index (κ3) is 13.6. The highest BCUT2D eigenvalue weighted by molar-refractivity contribution is 7.91. The van der Waals surface area contributed by atoms with Crippen LogP contribution >= 0.6 is 0 Å². The highest BCUT2D eigenvalue weighted by Gasteiger charge is 2.32. The van der Waals surface area contributed by atoms with Crippen LogP contribution in [-0.2, 0) is 25.8 Å². The van der Waals surface area contributed by atoms with Crippen LogP contribution < -0.4 is 20.5 Å². The highest BCUT2D eigenvalue weighted by Crippen LogP contribution is 2.32. The number of hydrogen-bond donors (Lipinski definition) is 3. The van der Waals surface area contributed by atoms with E-state index in [0.717, 1.165) is 18.4 Å². The Labute approximate surface area is 255 Å². The molecule has 42 heavy (non-hydrogen) atoms. The standard InChI is InChI=1S/C32H58N2O7S/c1-10-42(37,38)21-32(6,7)20-34-31(36)26(23(4)5)19-28(35)27(33)18-25(22(2)3)16-24-12-13-29(40-9)30(17-24)41-15-11-14-39-8/h12-13,17,22-23,25-28,35H,10-11,14-16,18-21,33H2,1-9H3,(H,34,36)/t25-,26-,27-,28-/m0/s1. The van der Waals surface area contributed by atoms with Crippen molar-refractivity contribution in [1.82, 2.24) is 5.32 Å². The molecule has 9 nitrogen and oxygen atoms in total. The first kappa shape index (κ1) is 38.1. The summed E-state index contributed by atoms with van der Waals surface area (Å²) in [6.45, 7) is 14.9. The molecular weight excluding hydrogens is 556 g/mol. The van der Waals surface area contributed by atoms with Gasteiger partial charge in [-0.2, -0.15) is 0 Å². The fourth-order valence-electron chi connectivity index (χ4n) is 5.07. The van der Waals surface area contributed by atoms with E-state index in [0.29, 0.717) is 37.1 Å². The van der Waals surface area contributed by atoms with Gasteiger partial charge < -0.3 is 30.4 Å². The average molecular weight is 615 g/mol. The number of carbonyl (C=O) groups is 1. The molecule has 0 aliphatic heterocycles. The van der Waals surface area contributed by atoms with Crippen molar-refractivity contribution in [3.63, 3.8) is 0 Å². The van der Waals surface area contributed by atoms with Crippen molar-refractivity contribution in [2.24, 2.45) is 34.8 Å². The third-order valence-corrected chi connectivity index (χ3v) is 10.0. The Kier molecular flexibility index (Phi) is 16.4. The SMILES string of the molecule is CCS(=O)(=O)CC(C)(C)CNC(=O)[C@@H](C[C@H](O)[C@@H](N)C[C@H](Cc1ccc(OC)c(OCCCOC)c1)C(C)C)C(C)C. The second-order valence-corrected chi connectivity index (χ2v) is 15.4. The van der Waals surface area contributed by atoms with Crippen molar-refractivity contribution in [1.29, 1.82) is 0 Å². The number of ether oxygens (including phenoxy) is 3. The number of amides is 1. The van der Waals surface area contributed by atoms with Gasteiger partial charge in [0.05, 0.1) is 25.6 Å². The van der Waals surface area contributed by atoms with Gasteiger partial charge in [-0.15, -0.1) is 0 Å². The zero-order chi connectivity index (χ0) is 32.1. The second kappa shape index (κ2) is 18.0. The largest absolute Gasteiger partial charge is 0.493 e. The predicted molar refractivity (Wildman–Crippen MR) is 170 cm³/mol. The molecule has 0 aromatic heterocycles. The molecule has 0 heterocycles. The number of hydrogen-bond acceptors (Lipinski definition) is 8. The number of nitrogens with two attached hydrogens (primary N) is 1. The van der Waals surface area contributed by atoms with Crippen LogP contribution in [-0.4, -0.2) is 77.1 Å². The first-order valence-corrected chi connectivity index (χ1v) is 17.1. The number of carbonyl (C=O) groups excluding carboxylic acids is 1. The average Bonchev–Trinajstić information content (AvgIpc) is 2.91. The molecule has 1 aromatic rings. The van der Waals surface area contributed by atoms with Crippen molar-refractivity contribution in [2.45, 2.75) is 86.3 Å². The van der Waals surface area contributed by atoms with E-state index < -0.39 is 33.3 Å². The minimum Gasteiger partial charge on any atom is -0.493 e. The Morgan fingerprint density at radius 1 is 1.05 bits per heavy atom. The maximum atomic E-state index is 13.2. The molecule has 0 saturated heterocycles. The summed E-state index contributed by atoms with van der Waals surface area (Å²) < 4.78 is 40.7. The molecule has 0 bridgehead atoms. The summed E-state index contributed by atoms with van der Waals surface area (Å²) in [5.41, 5.74) is 7.06. The minimum atomic E-state index is -3.17. The Morgan fingerprint density at radius 2 is 1.71 bits per heavy atom. The smallest absolute Gasteiger partial charge is 0.223 e. The Bertz CT molecular complexity index is 1040. The number of methoxy groups -OCH3 is 2. The molecule has 1 rings (SSSR count). The van der Waals surface area contributed by atoms with Gasteiger partial charge in [0.15, 0.2) is 21.3 Å². The van der Waals surface area contributed by atoms with Gasteiger partial charge in [0, 0.05) is 44.4 Å². The van der Waals surface area contributed by atoms with Crippen molar-refractivity contribution in [2.75, 3.05) is 45.5 Å². The molecule has 0 saturated carbocycles. The summed E-state index contributed by atoms with van der Waals surface area (Å²) in [5.74, 6) is 1.33. The number of nitrogens with one attached hydrogen (secondary N) is 1. The lowest BCUT2D eigenvalue weighted by molar-refractivity contribution is -0.128. The predicted octanol–water partition coefficient (Wildman–Crippen LogP) is 4.24. The van der Waals surface area contributed by atoms with E-state index in [1.807, 2.05) is 45.9 Å². The number of sulfone groups is 1. The molecule has 0 radical (unpaired) electrons. The number of benzene rings is 1. The van der Waals surface area contributed by atoms with E-state index in [-0.39, 0.29) is 42.2 Å². The molecule has 4 N–H and O–H groups in total. The maximum Gasteiger partial charge on any atom is 0.223 e. The van der Waals surface area contributed by atoms with Crippen LogP contribution in [0.1, 0.15) is 73.3 Å². The van der Waals surface area contributed by atoms with Crippen molar-refractivity contribution < 1.29 is 32.5 Å². The molecule has 0 aliphatic rings. The van der Waals surface area contributed by atoms with Crippen LogP contribution in [0.2, 0.25) is 0 Å². The number of rotatable bonds is 21. The normalized spacial score (nSPS) is 15.4. The number of aliphatic hydroxyl groups excluding tert-OH is 1. The Hall–Kier alpha value is -1.88. The lowest BCUT2D eigenvalue weighted by Crippen LogP contribution is -2.45. The highest BCUT2D eigenvalue weighted by atomic mass is 32.2. The molecule has 4 atom stereocenters. The van der Waals surface area contributed by atoms with Gasteiger partial charge in [-0.25, -0.2) is 8.42 Å². The van der Waals surface area contributed by atoms with Crippen LogP contribution in [0, 0.1) is 29.1 Å². The van der Waals surface area contributed by atoms with E-state index in [4.69, 9.17) is 19.9 Å². The second-order valence-electron chi connectivity index (χ2n) is 13.0. The fourth-order valence-corrected chi connectivity index (χ4v) is 6.57. The minimum absolute atomic E-state index is 0.00282. The Morgan fingerprint density at radius 3 is 2.26 bits per heavy atom. The maximum absolute atomic E-state index is 13.2. The van der Waals surface area contributed by atoms with Gasteiger partial charge in [0.2, 0.25) is 5.91 Å². The lowest BCUT2D eigenvalue weighted by atomic mass is 9.80. The summed E-state index contributed by atoms with van der Waals surface area (Å²) >= 11 is 0. The van der Waals surface area contributed by atoms with Crippen molar-refractivity contribution in [3.05, 3.63) is 23.8 Å². The van der Waals surface area contributed by atoms with Crippen molar-refractivity contribution in [3.8, 4) is 11.5 Å². The van der Waals surface area contributed by atoms with Crippen LogP contribution in [0.25, 0.3) is 0 Å². The van der Waals surface area contributed by atoms with E-state index in [2.05, 4.69) is 19.2 Å². The first-order valence-electron chi connectivity index (χ1n) is 15.3. The van der Waals surface area contributed by atoms with Gasteiger partial charge in [-0.3, -0.25) is 4.79 Å². The van der Waals surface area contributed by atoms with Gasteiger partial charge in [-0.1, -0.05) is 54.5 Å². The fraction of sp³-hybridized carbons (Fsp3) is 0.781. The monoisotopic (exact) mass is 614 g/mol. The van der Waals surface area contributed by atoms with Crippen molar-refractivity contribution >= 4 is 15.7 Å². The molecule has 0 fully saturated rings. The summed E-state index contributed by atoms with van der Waals surface area (Å²) in [5, 5.41) is 14.1. The molecular formula is C32H58N2O7S. The van der Waals surface area contributed by atoms with Gasteiger partial charge in [0.1, 0.15) is 0 Å². The summed E-state index contributed by atoms with van der Waals surface area (Å²) in [6.07, 6.45) is 1.53. The van der Waals surface area contributed by atoms with E-state index in [9.17, 15) is 18.3 Å². The molecule has 0 aliphatic carbocycles. The number of aliphatic hydroxyl groups is 1.